The smallest absolute Gasteiger partial charge is 0.332 e. The Bertz CT molecular complexity index is 434. The lowest BCUT2D eigenvalue weighted by Gasteiger charge is -2.27. The van der Waals surface area contributed by atoms with Gasteiger partial charge in [-0.2, -0.15) is 5.10 Å². The summed E-state index contributed by atoms with van der Waals surface area (Å²) >= 11 is 0. The summed E-state index contributed by atoms with van der Waals surface area (Å²) in [6.45, 7) is 3.05. The molecule has 19 heavy (non-hydrogen) atoms. The number of nitrogens with zero attached hydrogens (tertiary/aromatic N) is 2. The molecule has 5 nitrogen and oxygen atoms in total. The third-order valence-electron chi connectivity index (χ3n) is 3.32. The number of hydrazone groups is 1. The topological polar surface area (TPSA) is 70.7 Å². The number of carbonyl (C=O) groups excluding carboxylic acids is 1. The number of nitrogens with two attached hydrogens (primary N) is 1. The van der Waals surface area contributed by atoms with Crippen molar-refractivity contribution >= 4 is 11.7 Å². The SMILES string of the molecule is NC(=O)NN=C1CCN(CCc2ccccc2)CC1. The minimum atomic E-state index is -0.598. The standard InChI is InChI=1S/C14H20N4O/c15-14(19)17-16-13-7-10-18(11-8-13)9-6-12-4-2-1-3-5-12/h1-5H,6-11H2,(H3,15,17,19). The number of hydrogen-bond acceptors (Lipinski definition) is 3. The molecule has 0 atom stereocenters. The number of primary amides is 1. The number of rotatable bonds is 4. The fraction of sp³-hybridized carbons (Fsp3) is 0.429. The van der Waals surface area contributed by atoms with Crippen LogP contribution in [0.15, 0.2) is 35.4 Å². The van der Waals surface area contributed by atoms with Crippen molar-refractivity contribution in [1.82, 2.24) is 10.3 Å². The molecule has 2 rings (SSSR count). The monoisotopic (exact) mass is 260 g/mol. The van der Waals surface area contributed by atoms with Crippen LogP contribution >= 0.6 is 0 Å². The number of amides is 2. The summed E-state index contributed by atoms with van der Waals surface area (Å²) in [6.07, 6.45) is 2.87. The van der Waals surface area contributed by atoms with Crippen molar-refractivity contribution in [3.8, 4) is 0 Å². The minimum absolute atomic E-state index is 0.598. The molecule has 3 N–H and O–H groups in total. The average molecular weight is 260 g/mol. The molecule has 0 saturated carbocycles. The van der Waals surface area contributed by atoms with E-state index in [1.165, 1.54) is 5.56 Å². The number of carbonyl (C=O) groups is 1. The number of urea groups is 1. The van der Waals surface area contributed by atoms with E-state index in [4.69, 9.17) is 5.73 Å². The Balaban J connectivity index is 1.72. The van der Waals surface area contributed by atoms with Gasteiger partial charge in [0.05, 0.1) is 0 Å². The number of piperidine rings is 1. The van der Waals surface area contributed by atoms with Crippen LogP contribution in [0.1, 0.15) is 18.4 Å². The number of benzene rings is 1. The summed E-state index contributed by atoms with van der Waals surface area (Å²) < 4.78 is 0. The van der Waals surface area contributed by atoms with Crippen molar-refractivity contribution < 1.29 is 4.79 Å². The lowest BCUT2D eigenvalue weighted by Crippen LogP contribution is -2.36. The van der Waals surface area contributed by atoms with Crippen molar-refractivity contribution in [3.63, 3.8) is 0 Å². The maximum atomic E-state index is 10.6. The Morgan fingerprint density at radius 1 is 1.26 bits per heavy atom. The highest BCUT2D eigenvalue weighted by Gasteiger charge is 2.14. The van der Waals surface area contributed by atoms with Gasteiger partial charge in [-0.05, 0) is 12.0 Å². The summed E-state index contributed by atoms with van der Waals surface area (Å²) in [5.74, 6) is 0. The second-order valence-electron chi connectivity index (χ2n) is 4.73. The van der Waals surface area contributed by atoms with Crippen LogP contribution in [0.25, 0.3) is 0 Å². The van der Waals surface area contributed by atoms with Gasteiger partial charge in [-0.25, -0.2) is 10.2 Å². The molecule has 1 saturated heterocycles. The van der Waals surface area contributed by atoms with Gasteiger partial charge in [0.25, 0.3) is 0 Å². The van der Waals surface area contributed by atoms with Gasteiger partial charge in [0.15, 0.2) is 0 Å². The second kappa shape index (κ2) is 6.89. The first-order valence-electron chi connectivity index (χ1n) is 6.61. The van der Waals surface area contributed by atoms with E-state index < -0.39 is 6.03 Å². The Morgan fingerprint density at radius 3 is 2.58 bits per heavy atom. The highest BCUT2D eigenvalue weighted by molar-refractivity contribution is 5.86. The molecule has 1 aromatic carbocycles. The van der Waals surface area contributed by atoms with E-state index in [0.29, 0.717) is 0 Å². The van der Waals surface area contributed by atoms with Crippen LogP contribution in [-0.4, -0.2) is 36.3 Å². The van der Waals surface area contributed by atoms with Gasteiger partial charge >= 0.3 is 6.03 Å². The minimum Gasteiger partial charge on any atom is -0.350 e. The van der Waals surface area contributed by atoms with Crippen LogP contribution in [-0.2, 0) is 6.42 Å². The third kappa shape index (κ3) is 4.71. The van der Waals surface area contributed by atoms with Crippen LogP contribution in [0, 0.1) is 0 Å². The molecule has 1 aromatic rings. The van der Waals surface area contributed by atoms with Crippen LogP contribution in [0.5, 0.6) is 0 Å². The van der Waals surface area contributed by atoms with Gasteiger partial charge in [0, 0.05) is 38.2 Å². The van der Waals surface area contributed by atoms with Crippen LogP contribution in [0.4, 0.5) is 4.79 Å². The van der Waals surface area contributed by atoms with Gasteiger partial charge in [0.2, 0.25) is 0 Å². The second-order valence-corrected chi connectivity index (χ2v) is 4.73. The third-order valence-corrected chi connectivity index (χ3v) is 3.32. The molecule has 2 amide bonds. The molecule has 0 aromatic heterocycles. The molecular formula is C14H20N4O. The molecule has 0 bridgehead atoms. The highest BCUT2D eigenvalue weighted by atomic mass is 16.2. The summed E-state index contributed by atoms with van der Waals surface area (Å²) in [5.41, 5.74) is 9.67. The van der Waals surface area contributed by atoms with Crippen molar-refractivity contribution in [2.45, 2.75) is 19.3 Å². The van der Waals surface area contributed by atoms with E-state index >= 15 is 0 Å². The molecule has 0 spiro atoms. The molecule has 1 fully saturated rings. The molecule has 1 aliphatic heterocycles. The van der Waals surface area contributed by atoms with E-state index in [1.807, 2.05) is 6.07 Å². The van der Waals surface area contributed by atoms with Crippen LogP contribution in [0.2, 0.25) is 0 Å². The molecular weight excluding hydrogens is 240 g/mol. The molecule has 5 heteroatoms. The Labute approximate surface area is 113 Å². The first-order valence-corrected chi connectivity index (χ1v) is 6.61. The predicted octanol–water partition coefficient (Wildman–Crippen LogP) is 1.35. The van der Waals surface area contributed by atoms with Crippen molar-refractivity contribution in [2.24, 2.45) is 10.8 Å². The van der Waals surface area contributed by atoms with Crippen molar-refractivity contribution in [3.05, 3.63) is 35.9 Å². The highest BCUT2D eigenvalue weighted by Crippen LogP contribution is 2.09. The van der Waals surface area contributed by atoms with E-state index in [9.17, 15) is 4.79 Å². The molecule has 0 unspecified atom stereocenters. The van der Waals surface area contributed by atoms with Gasteiger partial charge in [-0.3, -0.25) is 0 Å². The fourth-order valence-corrected chi connectivity index (χ4v) is 2.21. The Morgan fingerprint density at radius 2 is 1.95 bits per heavy atom. The van der Waals surface area contributed by atoms with Gasteiger partial charge in [0.1, 0.15) is 0 Å². The molecule has 1 heterocycles. The van der Waals surface area contributed by atoms with Gasteiger partial charge in [-0.15, -0.1) is 0 Å². The summed E-state index contributed by atoms with van der Waals surface area (Å²) in [5, 5.41) is 4.00. The largest absolute Gasteiger partial charge is 0.350 e. The summed E-state index contributed by atoms with van der Waals surface area (Å²) in [4.78, 5) is 13.0. The first kappa shape index (κ1) is 13.5. The maximum absolute atomic E-state index is 10.6. The van der Waals surface area contributed by atoms with Crippen molar-refractivity contribution in [2.75, 3.05) is 19.6 Å². The van der Waals surface area contributed by atoms with Crippen molar-refractivity contribution in [1.29, 1.82) is 0 Å². The summed E-state index contributed by atoms with van der Waals surface area (Å²) in [7, 11) is 0. The number of hydrogen-bond donors (Lipinski definition) is 2. The zero-order valence-corrected chi connectivity index (χ0v) is 11.0. The Kier molecular flexibility index (Phi) is 4.92. The van der Waals surface area contributed by atoms with E-state index in [1.54, 1.807) is 0 Å². The quantitative estimate of drug-likeness (QED) is 0.802. The Hall–Kier alpha value is -1.88. The fourth-order valence-electron chi connectivity index (χ4n) is 2.21. The van der Waals surface area contributed by atoms with E-state index in [-0.39, 0.29) is 0 Å². The zero-order chi connectivity index (χ0) is 13.5. The van der Waals surface area contributed by atoms with E-state index in [0.717, 1.165) is 44.6 Å². The predicted molar refractivity (Wildman–Crippen MR) is 76.0 cm³/mol. The average Bonchev–Trinajstić information content (AvgIpc) is 2.45. The normalized spacial score (nSPS) is 16.1. The zero-order valence-electron chi connectivity index (χ0n) is 11.0. The number of nitrogens with one attached hydrogen (secondary N) is 1. The molecule has 0 radical (unpaired) electrons. The lowest BCUT2D eigenvalue weighted by molar-refractivity contribution is 0.249. The van der Waals surface area contributed by atoms with Crippen LogP contribution < -0.4 is 11.2 Å². The van der Waals surface area contributed by atoms with Gasteiger partial charge < -0.3 is 10.6 Å². The first-order chi connectivity index (χ1) is 9.24. The van der Waals surface area contributed by atoms with Gasteiger partial charge in [-0.1, -0.05) is 30.3 Å². The van der Waals surface area contributed by atoms with E-state index in [2.05, 4.69) is 39.7 Å². The molecule has 0 aliphatic carbocycles. The maximum Gasteiger partial charge on any atom is 0.332 e. The molecule has 1 aliphatic rings. The number of likely N-dealkylation sites (tertiary alicyclic amines) is 1. The summed E-state index contributed by atoms with van der Waals surface area (Å²) in [6, 6.07) is 9.91. The lowest BCUT2D eigenvalue weighted by atomic mass is 10.1. The molecule has 102 valence electrons. The van der Waals surface area contributed by atoms with Crippen LogP contribution in [0.3, 0.4) is 0 Å².